The number of nitrogens with zero attached hydrogens (tertiary/aromatic N) is 2. The van der Waals surface area contributed by atoms with E-state index >= 15 is 0 Å². The Morgan fingerprint density at radius 1 is 1.00 bits per heavy atom. The molecule has 27 heavy (non-hydrogen) atoms. The number of ether oxygens (including phenoxy) is 2. The molecule has 2 amide bonds. The van der Waals surface area contributed by atoms with Crippen LogP contribution >= 0.6 is 0 Å². The van der Waals surface area contributed by atoms with E-state index in [4.69, 9.17) is 9.47 Å². The van der Waals surface area contributed by atoms with Gasteiger partial charge in [-0.1, -0.05) is 12.1 Å². The quantitative estimate of drug-likeness (QED) is 0.335. The highest BCUT2D eigenvalue weighted by Gasteiger charge is 2.34. The fourth-order valence-electron chi connectivity index (χ4n) is 2.84. The van der Waals surface area contributed by atoms with Gasteiger partial charge in [-0.2, -0.15) is 5.10 Å². The van der Waals surface area contributed by atoms with Crippen LogP contribution in [0, 0.1) is 0 Å². The number of fused-ring (bicyclic) bond motifs is 1. The van der Waals surface area contributed by atoms with Crippen molar-refractivity contribution in [1.29, 1.82) is 0 Å². The summed E-state index contributed by atoms with van der Waals surface area (Å²) in [6.45, 7) is 0.366. The molecule has 1 N–H and O–H groups in total. The second-order valence-corrected chi connectivity index (χ2v) is 5.97. The van der Waals surface area contributed by atoms with Crippen LogP contribution in [0.1, 0.15) is 33.6 Å². The van der Waals surface area contributed by atoms with E-state index in [0.29, 0.717) is 42.0 Å². The van der Waals surface area contributed by atoms with Gasteiger partial charge in [-0.25, -0.2) is 0 Å². The summed E-state index contributed by atoms with van der Waals surface area (Å²) in [6, 6.07) is 12.3. The van der Waals surface area contributed by atoms with Crippen molar-refractivity contribution < 1.29 is 19.1 Å². The number of imide groups is 1. The van der Waals surface area contributed by atoms with E-state index in [1.807, 2.05) is 0 Å². The number of benzene rings is 2. The monoisotopic (exact) mass is 367 g/mol. The largest absolute Gasteiger partial charge is 0.497 e. The summed E-state index contributed by atoms with van der Waals surface area (Å²) in [5.74, 6) is 0.874. The van der Waals surface area contributed by atoms with E-state index in [1.54, 1.807) is 62.9 Å². The Bertz CT molecular complexity index is 822. The molecule has 0 saturated carbocycles. The second kappa shape index (κ2) is 8.35. The Labute approximate surface area is 157 Å². The van der Waals surface area contributed by atoms with Gasteiger partial charge < -0.3 is 9.47 Å². The van der Waals surface area contributed by atoms with Crippen LogP contribution < -0.4 is 14.9 Å². The highest BCUT2D eigenvalue weighted by molar-refractivity contribution is 6.21. The van der Waals surface area contributed by atoms with Crippen LogP contribution in [0.3, 0.4) is 0 Å². The molecule has 2 aromatic rings. The number of amides is 2. The first-order valence-electron chi connectivity index (χ1n) is 8.60. The number of rotatable bonds is 8. The standard InChI is InChI=1S/C20H21N3O4/c1-26-15-11-14(12-16(13-15)27-2)22-21-9-5-6-10-23-19(24)17-7-3-4-8-18(17)20(23)25/h3-4,7-9,11-13,22H,5-6,10H2,1-2H3. The van der Waals surface area contributed by atoms with Crippen LogP contribution in [0.2, 0.25) is 0 Å². The average molecular weight is 367 g/mol. The number of carbonyl (C=O) groups is 2. The molecule has 0 saturated heterocycles. The van der Waals surface area contributed by atoms with Crippen molar-refractivity contribution in [2.45, 2.75) is 12.8 Å². The summed E-state index contributed by atoms with van der Waals surface area (Å²) in [5, 5.41) is 4.16. The highest BCUT2D eigenvalue weighted by atomic mass is 16.5. The zero-order chi connectivity index (χ0) is 19.2. The third-order valence-corrected chi connectivity index (χ3v) is 4.23. The fraction of sp³-hybridized carbons (Fsp3) is 0.250. The van der Waals surface area contributed by atoms with E-state index in [9.17, 15) is 9.59 Å². The third kappa shape index (κ3) is 4.08. The molecule has 7 nitrogen and oxygen atoms in total. The molecule has 0 atom stereocenters. The maximum absolute atomic E-state index is 12.3. The van der Waals surface area contributed by atoms with Gasteiger partial charge in [0.05, 0.1) is 31.0 Å². The molecule has 7 heteroatoms. The molecule has 1 heterocycles. The number of hydrogen-bond donors (Lipinski definition) is 1. The van der Waals surface area contributed by atoms with E-state index < -0.39 is 0 Å². The average Bonchev–Trinajstić information content (AvgIpc) is 2.95. The Morgan fingerprint density at radius 3 is 2.15 bits per heavy atom. The van der Waals surface area contributed by atoms with Gasteiger partial charge in [0, 0.05) is 31.0 Å². The van der Waals surface area contributed by atoms with Crippen molar-refractivity contribution in [2.75, 3.05) is 26.2 Å². The van der Waals surface area contributed by atoms with Crippen molar-refractivity contribution in [3.05, 3.63) is 53.6 Å². The Hall–Kier alpha value is -3.35. The topological polar surface area (TPSA) is 80.2 Å². The third-order valence-electron chi connectivity index (χ3n) is 4.23. The molecule has 2 aromatic carbocycles. The number of methoxy groups -OCH3 is 2. The predicted octanol–water partition coefficient (Wildman–Crippen LogP) is 3.18. The normalized spacial score (nSPS) is 13.2. The van der Waals surface area contributed by atoms with Crippen molar-refractivity contribution in [1.82, 2.24) is 4.90 Å². The molecule has 1 aliphatic heterocycles. The lowest BCUT2D eigenvalue weighted by atomic mass is 10.1. The lowest BCUT2D eigenvalue weighted by molar-refractivity contribution is 0.0653. The van der Waals surface area contributed by atoms with Crippen LogP contribution in [-0.2, 0) is 0 Å². The van der Waals surface area contributed by atoms with Crippen molar-refractivity contribution >= 4 is 23.7 Å². The summed E-state index contributed by atoms with van der Waals surface area (Å²) in [4.78, 5) is 25.8. The van der Waals surface area contributed by atoms with E-state index in [1.165, 1.54) is 4.90 Å². The minimum atomic E-state index is -0.228. The Kier molecular flexibility index (Phi) is 5.71. The molecule has 0 spiro atoms. The molecule has 0 fully saturated rings. The van der Waals surface area contributed by atoms with Crippen LogP contribution in [0.25, 0.3) is 0 Å². The lowest BCUT2D eigenvalue weighted by Gasteiger charge is -2.12. The first kappa shape index (κ1) is 18.4. The van der Waals surface area contributed by atoms with Gasteiger partial charge in [0.15, 0.2) is 0 Å². The van der Waals surface area contributed by atoms with Crippen LogP contribution in [0.4, 0.5) is 5.69 Å². The maximum Gasteiger partial charge on any atom is 0.261 e. The van der Waals surface area contributed by atoms with Gasteiger partial charge >= 0.3 is 0 Å². The SMILES string of the molecule is COc1cc(NN=CCCCN2C(=O)c3ccccc3C2=O)cc(OC)c1. The van der Waals surface area contributed by atoms with Crippen molar-refractivity contribution in [3.8, 4) is 11.5 Å². The number of nitrogens with one attached hydrogen (secondary N) is 1. The summed E-state index contributed by atoms with van der Waals surface area (Å²) in [6.07, 6.45) is 2.98. The molecular weight excluding hydrogens is 346 g/mol. The van der Waals surface area contributed by atoms with Crippen LogP contribution in [0.15, 0.2) is 47.6 Å². The summed E-state index contributed by atoms with van der Waals surface area (Å²) in [7, 11) is 3.17. The number of carbonyl (C=O) groups excluding carboxylic acids is 2. The van der Waals surface area contributed by atoms with Crippen molar-refractivity contribution in [2.24, 2.45) is 5.10 Å². The molecule has 0 bridgehead atoms. The van der Waals surface area contributed by atoms with Crippen LogP contribution in [-0.4, -0.2) is 43.7 Å². The minimum Gasteiger partial charge on any atom is -0.497 e. The molecular formula is C20H21N3O4. The van der Waals surface area contributed by atoms with Crippen molar-refractivity contribution in [3.63, 3.8) is 0 Å². The molecule has 0 aromatic heterocycles. The minimum absolute atomic E-state index is 0.228. The number of hydrogen-bond acceptors (Lipinski definition) is 6. The molecule has 3 rings (SSSR count). The van der Waals surface area contributed by atoms with E-state index in [-0.39, 0.29) is 11.8 Å². The smallest absolute Gasteiger partial charge is 0.261 e. The number of anilines is 1. The Morgan fingerprint density at radius 2 is 1.59 bits per heavy atom. The first-order valence-corrected chi connectivity index (χ1v) is 8.60. The zero-order valence-electron chi connectivity index (χ0n) is 15.3. The van der Waals surface area contributed by atoms with E-state index in [0.717, 1.165) is 5.69 Å². The maximum atomic E-state index is 12.3. The second-order valence-electron chi connectivity index (χ2n) is 5.97. The molecule has 0 radical (unpaired) electrons. The van der Waals surface area contributed by atoms with Gasteiger partial charge in [-0.05, 0) is 25.0 Å². The first-order chi connectivity index (χ1) is 13.1. The number of unbranched alkanes of at least 4 members (excludes halogenated alkanes) is 1. The molecule has 1 aliphatic rings. The van der Waals surface area contributed by atoms with Gasteiger partial charge in [0.2, 0.25) is 0 Å². The fourth-order valence-corrected chi connectivity index (χ4v) is 2.84. The van der Waals surface area contributed by atoms with Gasteiger partial charge in [0.25, 0.3) is 11.8 Å². The summed E-state index contributed by atoms with van der Waals surface area (Å²) in [5.41, 5.74) is 4.61. The molecule has 0 aliphatic carbocycles. The predicted molar refractivity (Wildman–Crippen MR) is 103 cm³/mol. The van der Waals surface area contributed by atoms with E-state index in [2.05, 4.69) is 10.5 Å². The summed E-state index contributed by atoms with van der Waals surface area (Å²) >= 11 is 0. The van der Waals surface area contributed by atoms with Gasteiger partial charge in [-0.15, -0.1) is 0 Å². The zero-order valence-corrected chi connectivity index (χ0v) is 15.3. The molecule has 0 unspecified atom stereocenters. The number of hydrazone groups is 1. The van der Waals surface area contributed by atoms with Gasteiger partial charge in [-0.3, -0.25) is 19.9 Å². The highest BCUT2D eigenvalue weighted by Crippen LogP contribution is 2.25. The molecule has 140 valence electrons. The lowest BCUT2D eigenvalue weighted by Crippen LogP contribution is -2.30. The Balaban J connectivity index is 1.49. The van der Waals surface area contributed by atoms with Gasteiger partial charge in [0.1, 0.15) is 11.5 Å². The van der Waals surface area contributed by atoms with Crippen LogP contribution in [0.5, 0.6) is 11.5 Å². The summed E-state index contributed by atoms with van der Waals surface area (Å²) < 4.78 is 10.4.